The lowest BCUT2D eigenvalue weighted by Crippen LogP contribution is -2.54. The molecule has 5 heterocycles. The highest BCUT2D eigenvalue weighted by Gasteiger charge is 2.44. The maximum atomic E-state index is 12.7. The number of anilines is 1. The third kappa shape index (κ3) is 3.67. The molecular weight excluding hydrogens is 390 g/mol. The normalized spacial score (nSPS) is 27.7. The molecule has 0 radical (unpaired) electrons. The van der Waals surface area contributed by atoms with Gasteiger partial charge in [0.1, 0.15) is 24.0 Å². The molecule has 2 aromatic heterocycles. The fourth-order valence-corrected chi connectivity index (χ4v) is 5.69. The summed E-state index contributed by atoms with van der Waals surface area (Å²) in [6, 6.07) is 1.95. The quantitative estimate of drug-likeness (QED) is 0.802. The van der Waals surface area contributed by atoms with Crippen molar-refractivity contribution in [1.29, 1.82) is 0 Å². The van der Waals surface area contributed by atoms with Crippen molar-refractivity contribution in [2.75, 3.05) is 38.5 Å². The number of fused-ring (bicyclic) bond motifs is 1. The molecule has 164 valence electrons. The van der Waals surface area contributed by atoms with Gasteiger partial charge in [-0.2, -0.15) is 0 Å². The average molecular weight is 421 g/mol. The van der Waals surface area contributed by atoms with Crippen LogP contribution in [0.25, 0.3) is 11.0 Å². The zero-order chi connectivity index (χ0) is 20.7. The summed E-state index contributed by atoms with van der Waals surface area (Å²) < 4.78 is 33.9. The molecule has 2 unspecified atom stereocenters. The number of alkyl halides is 2. The van der Waals surface area contributed by atoms with Gasteiger partial charge in [0.25, 0.3) is 6.43 Å². The van der Waals surface area contributed by atoms with Crippen LogP contribution in [0, 0.1) is 0 Å². The first-order chi connectivity index (χ1) is 14.5. The fraction of sp³-hybridized carbons (Fsp3) is 0.714. The molecule has 0 saturated carbocycles. The molecule has 2 aromatic rings. The number of likely N-dealkylation sites (tertiary alicyclic amines) is 2. The summed E-state index contributed by atoms with van der Waals surface area (Å²) in [7, 11) is 0. The molecule has 3 saturated heterocycles. The van der Waals surface area contributed by atoms with Crippen LogP contribution in [0.4, 0.5) is 14.6 Å². The number of aromatic nitrogens is 3. The molecule has 3 fully saturated rings. The van der Waals surface area contributed by atoms with Crippen molar-refractivity contribution >= 4 is 16.9 Å². The van der Waals surface area contributed by atoms with Crippen molar-refractivity contribution in [3.05, 3.63) is 18.6 Å². The Morgan fingerprint density at radius 2 is 2.00 bits per heavy atom. The van der Waals surface area contributed by atoms with Gasteiger partial charge >= 0.3 is 0 Å². The summed E-state index contributed by atoms with van der Waals surface area (Å²) in [5.41, 5.74) is 6.95. The zero-order valence-corrected chi connectivity index (χ0v) is 17.2. The van der Waals surface area contributed by atoms with Crippen molar-refractivity contribution in [2.45, 2.75) is 62.8 Å². The topological polar surface area (TPSA) is 72.4 Å². The predicted molar refractivity (Wildman–Crippen MR) is 110 cm³/mol. The molecule has 2 atom stereocenters. The van der Waals surface area contributed by atoms with Crippen molar-refractivity contribution < 1.29 is 13.5 Å². The Morgan fingerprint density at radius 1 is 1.17 bits per heavy atom. The minimum absolute atomic E-state index is 0.0340. The summed E-state index contributed by atoms with van der Waals surface area (Å²) in [5, 5.41) is 0.860. The highest BCUT2D eigenvalue weighted by Crippen LogP contribution is 2.40. The van der Waals surface area contributed by atoms with Crippen LogP contribution in [0.3, 0.4) is 0 Å². The Hall–Kier alpha value is -1.84. The molecule has 0 aromatic carbocycles. The van der Waals surface area contributed by atoms with Gasteiger partial charge in [-0.15, -0.1) is 0 Å². The number of hydrogen-bond acceptors (Lipinski definition) is 6. The van der Waals surface area contributed by atoms with Gasteiger partial charge in [-0.25, -0.2) is 18.7 Å². The Balaban J connectivity index is 1.22. The van der Waals surface area contributed by atoms with E-state index in [0.29, 0.717) is 5.82 Å². The number of rotatable bonds is 5. The molecule has 0 amide bonds. The Bertz CT molecular complexity index is 882. The van der Waals surface area contributed by atoms with E-state index in [1.165, 1.54) is 19.2 Å². The lowest BCUT2D eigenvalue weighted by atomic mass is 9.84. The van der Waals surface area contributed by atoms with Crippen molar-refractivity contribution in [3.8, 4) is 0 Å². The summed E-state index contributed by atoms with van der Waals surface area (Å²) in [6.07, 6.45) is 7.65. The van der Waals surface area contributed by atoms with E-state index in [4.69, 9.17) is 10.5 Å². The van der Waals surface area contributed by atoms with Crippen LogP contribution < -0.4 is 5.73 Å². The first kappa shape index (κ1) is 20.1. The number of halogens is 2. The van der Waals surface area contributed by atoms with Gasteiger partial charge in [0.05, 0.1) is 18.0 Å². The predicted octanol–water partition coefficient (Wildman–Crippen LogP) is 2.89. The number of hydrogen-bond donors (Lipinski definition) is 1. The van der Waals surface area contributed by atoms with Crippen LogP contribution in [-0.4, -0.2) is 75.1 Å². The van der Waals surface area contributed by atoms with Gasteiger partial charge in [-0.05, 0) is 51.1 Å². The van der Waals surface area contributed by atoms with Crippen LogP contribution in [-0.2, 0) is 4.74 Å². The molecule has 30 heavy (non-hydrogen) atoms. The van der Waals surface area contributed by atoms with Gasteiger partial charge in [-0.1, -0.05) is 0 Å². The first-order valence-electron chi connectivity index (χ1n) is 11.0. The van der Waals surface area contributed by atoms with Gasteiger partial charge in [0.2, 0.25) is 0 Å². The van der Waals surface area contributed by atoms with E-state index >= 15 is 0 Å². The van der Waals surface area contributed by atoms with E-state index < -0.39 is 6.43 Å². The van der Waals surface area contributed by atoms with E-state index in [0.717, 1.165) is 62.9 Å². The highest BCUT2D eigenvalue weighted by molar-refractivity contribution is 5.86. The van der Waals surface area contributed by atoms with Gasteiger partial charge in [-0.3, -0.25) is 9.80 Å². The third-order valence-corrected chi connectivity index (χ3v) is 7.28. The number of nitrogen functional groups attached to an aromatic ring is 1. The lowest BCUT2D eigenvalue weighted by molar-refractivity contribution is -0.0365. The molecule has 0 aliphatic carbocycles. The van der Waals surface area contributed by atoms with Gasteiger partial charge in [0, 0.05) is 31.4 Å². The molecule has 7 nitrogen and oxygen atoms in total. The van der Waals surface area contributed by atoms with E-state index in [-0.39, 0.29) is 24.4 Å². The molecule has 0 bridgehead atoms. The minimum Gasteiger partial charge on any atom is -0.383 e. The molecule has 3 aliphatic rings. The van der Waals surface area contributed by atoms with Crippen molar-refractivity contribution in [2.24, 2.45) is 0 Å². The van der Waals surface area contributed by atoms with E-state index in [1.807, 2.05) is 17.2 Å². The lowest BCUT2D eigenvalue weighted by Gasteiger charge is -2.45. The fourth-order valence-electron chi connectivity index (χ4n) is 5.69. The van der Waals surface area contributed by atoms with E-state index in [1.54, 1.807) is 0 Å². The van der Waals surface area contributed by atoms with E-state index in [9.17, 15) is 8.78 Å². The van der Waals surface area contributed by atoms with E-state index in [2.05, 4.69) is 19.4 Å². The number of ether oxygens (including phenoxy) is 1. The average Bonchev–Trinajstić information content (AvgIpc) is 3.44. The van der Waals surface area contributed by atoms with Crippen molar-refractivity contribution in [1.82, 2.24) is 24.3 Å². The number of nitrogens with zero attached hydrogens (tertiary/aromatic N) is 5. The second-order valence-electron chi connectivity index (χ2n) is 8.97. The standard InChI is InChI=1S/C21H30F2N6O/c22-17(23)13-27-10-6-21(7-11-27)5-1-8-28(21)12-15-2-3-18(30-15)29-9-4-16-19(24)25-14-26-20(16)29/h4,9,14-15,17-18H,1-3,5-8,10-13H2,(H2,24,25,26). The zero-order valence-electron chi connectivity index (χ0n) is 17.2. The van der Waals surface area contributed by atoms with Gasteiger partial charge < -0.3 is 15.0 Å². The van der Waals surface area contributed by atoms with Crippen LogP contribution in [0.5, 0.6) is 0 Å². The van der Waals surface area contributed by atoms with Gasteiger partial charge in [0.15, 0.2) is 0 Å². The number of nitrogens with two attached hydrogens (primary N) is 1. The SMILES string of the molecule is Nc1ncnc2c1ccn2C1CCC(CN2CCCC23CCN(CC(F)F)CC3)O1. The maximum Gasteiger partial charge on any atom is 0.251 e. The van der Waals surface area contributed by atoms with Crippen LogP contribution in [0.2, 0.25) is 0 Å². The van der Waals surface area contributed by atoms with Crippen LogP contribution in [0.1, 0.15) is 44.8 Å². The summed E-state index contributed by atoms with van der Waals surface area (Å²) >= 11 is 0. The largest absolute Gasteiger partial charge is 0.383 e. The molecule has 3 aliphatic heterocycles. The molecule has 1 spiro atoms. The minimum atomic E-state index is -2.24. The third-order valence-electron chi connectivity index (χ3n) is 7.28. The second-order valence-corrected chi connectivity index (χ2v) is 8.97. The highest BCUT2D eigenvalue weighted by atomic mass is 19.3. The van der Waals surface area contributed by atoms with Crippen LogP contribution >= 0.6 is 0 Å². The number of piperidine rings is 1. The van der Waals surface area contributed by atoms with Crippen LogP contribution in [0.15, 0.2) is 18.6 Å². The molecular formula is C21H30F2N6O. The second kappa shape index (κ2) is 8.01. The summed E-state index contributed by atoms with van der Waals surface area (Å²) in [4.78, 5) is 13.0. The molecule has 9 heteroatoms. The smallest absolute Gasteiger partial charge is 0.251 e. The Morgan fingerprint density at radius 3 is 2.80 bits per heavy atom. The summed E-state index contributed by atoms with van der Waals surface area (Å²) in [5.74, 6) is 0.491. The Labute approximate surface area is 175 Å². The van der Waals surface area contributed by atoms with Crippen molar-refractivity contribution in [3.63, 3.8) is 0 Å². The Kier molecular flexibility index (Phi) is 5.37. The maximum absolute atomic E-state index is 12.7. The first-order valence-corrected chi connectivity index (χ1v) is 11.0. The molecule has 2 N–H and O–H groups in total. The monoisotopic (exact) mass is 420 g/mol. The molecule has 5 rings (SSSR count). The summed E-state index contributed by atoms with van der Waals surface area (Å²) in [6.45, 7) is 3.44.